The second-order valence-corrected chi connectivity index (χ2v) is 8.76. The molecule has 0 radical (unpaired) electrons. The Labute approximate surface area is 181 Å². The SMILES string of the molecule is Cc1ccc(O)c(-c2cc(-c3sccc3C)cc(NCCCN3CCCC3=O)n2)c1. The van der Waals surface area contributed by atoms with E-state index in [0.29, 0.717) is 6.42 Å². The Bertz CT molecular complexity index is 1060. The van der Waals surface area contributed by atoms with Crippen LogP contribution in [0.5, 0.6) is 5.75 Å². The van der Waals surface area contributed by atoms with Crippen molar-refractivity contribution in [2.45, 2.75) is 33.1 Å². The first-order chi connectivity index (χ1) is 14.5. The number of nitrogens with zero attached hydrogens (tertiary/aromatic N) is 2. The van der Waals surface area contributed by atoms with E-state index in [-0.39, 0.29) is 11.7 Å². The summed E-state index contributed by atoms with van der Waals surface area (Å²) < 4.78 is 0. The molecule has 0 unspecified atom stereocenters. The topological polar surface area (TPSA) is 65.5 Å². The van der Waals surface area contributed by atoms with Crippen molar-refractivity contribution in [3.05, 3.63) is 52.9 Å². The van der Waals surface area contributed by atoms with Crippen LogP contribution in [0.3, 0.4) is 0 Å². The van der Waals surface area contributed by atoms with Crippen molar-refractivity contribution >= 4 is 23.1 Å². The Hall–Kier alpha value is -2.86. The Morgan fingerprint density at radius 2 is 2.07 bits per heavy atom. The van der Waals surface area contributed by atoms with E-state index >= 15 is 0 Å². The summed E-state index contributed by atoms with van der Waals surface area (Å²) in [5.74, 6) is 1.27. The lowest BCUT2D eigenvalue weighted by Crippen LogP contribution is -2.27. The number of aromatic nitrogens is 1. The standard InChI is InChI=1S/C24H27N3O2S/c1-16-6-7-21(28)19(13-16)20-14-18(24-17(2)8-12-30-24)15-22(26-20)25-9-4-11-27-10-3-5-23(27)29/h6-8,12-15,28H,3-5,9-11H2,1-2H3,(H,25,26). The summed E-state index contributed by atoms with van der Waals surface area (Å²) in [6.45, 7) is 6.51. The smallest absolute Gasteiger partial charge is 0.222 e. The number of hydrogen-bond acceptors (Lipinski definition) is 5. The van der Waals surface area contributed by atoms with E-state index in [9.17, 15) is 9.90 Å². The zero-order valence-corrected chi connectivity index (χ0v) is 18.3. The molecule has 156 valence electrons. The molecule has 2 N–H and O–H groups in total. The molecule has 1 saturated heterocycles. The van der Waals surface area contributed by atoms with Crippen LogP contribution in [0, 0.1) is 13.8 Å². The van der Waals surface area contributed by atoms with Gasteiger partial charge < -0.3 is 15.3 Å². The van der Waals surface area contributed by atoms with E-state index in [2.05, 4.69) is 29.8 Å². The van der Waals surface area contributed by atoms with Crippen molar-refractivity contribution in [3.63, 3.8) is 0 Å². The van der Waals surface area contributed by atoms with Gasteiger partial charge in [0.25, 0.3) is 0 Å². The van der Waals surface area contributed by atoms with Gasteiger partial charge in [0.1, 0.15) is 11.6 Å². The minimum absolute atomic E-state index is 0.228. The van der Waals surface area contributed by atoms with Gasteiger partial charge in [-0.2, -0.15) is 0 Å². The number of amides is 1. The fourth-order valence-electron chi connectivity index (χ4n) is 3.84. The molecule has 5 nitrogen and oxygen atoms in total. The van der Waals surface area contributed by atoms with Gasteiger partial charge in [-0.1, -0.05) is 11.6 Å². The highest BCUT2D eigenvalue weighted by atomic mass is 32.1. The number of hydrogen-bond donors (Lipinski definition) is 2. The molecule has 1 amide bonds. The van der Waals surface area contributed by atoms with E-state index in [1.54, 1.807) is 17.4 Å². The van der Waals surface area contributed by atoms with Gasteiger partial charge in [0.15, 0.2) is 0 Å². The zero-order valence-electron chi connectivity index (χ0n) is 17.4. The Morgan fingerprint density at radius 3 is 2.80 bits per heavy atom. The van der Waals surface area contributed by atoms with Crippen molar-refractivity contribution in [2.24, 2.45) is 0 Å². The predicted molar refractivity (Wildman–Crippen MR) is 123 cm³/mol. The number of likely N-dealkylation sites (tertiary alicyclic amines) is 1. The van der Waals surface area contributed by atoms with Crippen molar-refractivity contribution in [1.82, 2.24) is 9.88 Å². The van der Waals surface area contributed by atoms with E-state index in [1.807, 2.05) is 30.0 Å². The Kier molecular flexibility index (Phi) is 6.04. The van der Waals surface area contributed by atoms with Crippen LogP contribution >= 0.6 is 11.3 Å². The third-order valence-electron chi connectivity index (χ3n) is 5.46. The number of phenolic OH excluding ortho intramolecular Hbond substituents is 1. The molecular formula is C24H27N3O2S. The van der Waals surface area contributed by atoms with Gasteiger partial charge in [-0.05, 0) is 73.5 Å². The normalized spacial score (nSPS) is 13.8. The maximum Gasteiger partial charge on any atom is 0.222 e. The van der Waals surface area contributed by atoms with Gasteiger partial charge in [0, 0.05) is 36.5 Å². The van der Waals surface area contributed by atoms with Crippen LogP contribution in [-0.2, 0) is 4.79 Å². The molecule has 0 spiro atoms. The molecule has 0 saturated carbocycles. The predicted octanol–water partition coefficient (Wildman–Crippen LogP) is 5.22. The van der Waals surface area contributed by atoms with Crippen LogP contribution in [0.25, 0.3) is 21.7 Å². The highest BCUT2D eigenvalue weighted by molar-refractivity contribution is 7.13. The fraction of sp³-hybridized carbons (Fsp3) is 0.333. The highest BCUT2D eigenvalue weighted by Gasteiger charge is 2.19. The molecule has 0 aliphatic carbocycles. The number of carbonyl (C=O) groups excluding carboxylic acids is 1. The quantitative estimate of drug-likeness (QED) is 0.513. The average Bonchev–Trinajstić information content (AvgIpc) is 3.35. The first-order valence-corrected chi connectivity index (χ1v) is 11.3. The monoisotopic (exact) mass is 421 g/mol. The highest BCUT2D eigenvalue weighted by Crippen LogP contribution is 2.36. The Morgan fingerprint density at radius 1 is 1.20 bits per heavy atom. The minimum Gasteiger partial charge on any atom is -0.507 e. The molecule has 1 fully saturated rings. The van der Waals surface area contributed by atoms with Gasteiger partial charge in [0.05, 0.1) is 5.69 Å². The number of rotatable bonds is 7. The number of benzene rings is 1. The van der Waals surface area contributed by atoms with Crippen LogP contribution in [0.4, 0.5) is 5.82 Å². The molecule has 1 aliphatic heterocycles. The summed E-state index contributed by atoms with van der Waals surface area (Å²) in [4.78, 5) is 19.7. The molecule has 6 heteroatoms. The second-order valence-electron chi connectivity index (χ2n) is 7.84. The van der Waals surface area contributed by atoms with Gasteiger partial charge >= 0.3 is 0 Å². The number of aromatic hydroxyl groups is 1. The van der Waals surface area contributed by atoms with Crippen LogP contribution in [0.2, 0.25) is 0 Å². The molecule has 3 aromatic rings. The van der Waals surface area contributed by atoms with Crippen LogP contribution in [-0.4, -0.2) is 40.5 Å². The molecule has 4 rings (SSSR count). The van der Waals surface area contributed by atoms with Crippen LogP contribution in [0.15, 0.2) is 41.8 Å². The van der Waals surface area contributed by atoms with E-state index in [0.717, 1.165) is 60.7 Å². The molecule has 0 atom stereocenters. The minimum atomic E-state index is 0.228. The van der Waals surface area contributed by atoms with Gasteiger partial charge in [-0.15, -0.1) is 11.3 Å². The van der Waals surface area contributed by atoms with Gasteiger partial charge in [0.2, 0.25) is 5.91 Å². The summed E-state index contributed by atoms with van der Waals surface area (Å²) in [5.41, 5.74) is 4.87. The molecule has 3 heterocycles. The van der Waals surface area contributed by atoms with Crippen molar-refractivity contribution in [3.8, 4) is 27.4 Å². The molecule has 1 aromatic carbocycles. The summed E-state index contributed by atoms with van der Waals surface area (Å²) in [5, 5.41) is 15.9. The van der Waals surface area contributed by atoms with E-state index < -0.39 is 0 Å². The summed E-state index contributed by atoms with van der Waals surface area (Å²) >= 11 is 1.71. The van der Waals surface area contributed by atoms with E-state index in [1.165, 1.54) is 10.4 Å². The first-order valence-electron chi connectivity index (χ1n) is 10.4. The molecule has 0 bridgehead atoms. The molecule has 30 heavy (non-hydrogen) atoms. The number of anilines is 1. The summed E-state index contributed by atoms with van der Waals surface area (Å²) in [6, 6.07) is 11.8. The number of carbonyl (C=O) groups is 1. The lowest BCUT2D eigenvalue weighted by molar-refractivity contribution is -0.127. The maximum absolute atomic E-state index is 11.8. The number of thiophene rings is 1. The Balaban J connectivity index is 1.58. The molecule has 2 aromatic heterocycles. The summed E-state index contributed by atoms with van der Waals surface area (Å²) in [7, 11) is 0. The van der Waals surface area contributed by atoms with Gasteiger partial charge in [-0.3, -0.25) is 4.79 Å². The van der Waals surface area contributed by atoms with Crippen molar-refractivity contribution < 1.29 is 9.90 Å². The molecule has 1 aliphatic rings. The first kappa shape index (κ1) is 20.4. The lowest BCUT2D eigenvalue weighted by atomic mass is 10.0. The van der Waals surface area contributed by atoms with E-state index in [4.69, 9.17) is 4.98 Å². The number of phenols is 1. The van der Waals surface area contributed by atoms with Crippen molar-refractivity contribution in [2.75, 3.05) is 25.0 Å². The van der Waals surface area contributed by atoms with Crippen LogP contribution < -0.4 is 5.32 Å². The van der Waals surface area contributed by atoms with Crippen molar-refractivity contribution in [1.29, 1.82) is 0 Å². The summed E-state index contributed by atoms with van der Waals surface area (Å²) in [6.07, 6.45) is 2.53. The third kappa shape index (κ3) is 4.49. The van der Waals surface area contributed by atoms with Gasteiger partial charge in [-0.25, -0.2) is 4.98 Å². The largest absolute Gasteiger partial charge is 0.507 e. The second kappa shape index (κ2) is 8.88. The fourth-order valence-corrected chi connectivity index (χ4v) is 4.76. The van der Waals surface area contributed by atoms with Crippen LogP contribution in [0.1, 0.15) is 30.4 Å². The number of aryl methyl sites for hydroxylation is 2. The third-order valence-corrected chi connectivity index (χ3v) is 6.53. The maximum atomic E-state index is 11.8. The number of nitrogens with one attached hydrogen (secondary N) is 1. The average molecular weight is 422 g/mol. The number of pyridine rings is 1. The molecular weight excluding hydrogens is 394 g/mol. The lowest BCUT2D eigenvalue weighted by Gasteiger charge is -2.16. The zero-order chi connectivity index (χ0) is 21.1.